The summed E-state index contributed by atoms with van der Waals surface area (Å²) >= 11 is 3.94. The predicted octanol–water partition coefficient (Wildman–Crippen LogP) is -1.96. The molecule has 6 nitrogen and oxygen atoms in total. The van der Waals surface area contributed by atoms with Crippen LogP contribution >= 0.6 is 12.5 Å². The van der Waals surface area contributed by atoms with Crippen molar-refractivity contribution in [2.45, 2.75) is 19.8 Å². The highest BCUT2D eigenvalue weighted by atomic mass is 32.1. The summed E-state index contributed by atoms with van der Waals surface area (Å²) in [5, 5.41) is 7.74. The molecule has 0 saturated carbocycles. The maximum Gasteiger partial charge on any atom is 0.325 e. The second kappa shape index (κ2) is 5.64. The Bertz CT molecular complexity index is 469. The highest BCUT2D eigenvalue weighted by Gasteiger charge is 2.36. The lowest BCUT2D eigenvalue weighted by Crippen LogP contribution is -2.41. The molecule has 1 saturated heterocycles. The summed E-state index contributed by atoms with van der Waals surface area (Å²) in [5.74, 6) is -0.641. The van der Waals surface area contributed by atoms with Crippen molar-refractivity contribution < 1.29 is 9.59 Å². The van der Waals surface area contributed by atoms with Gasteiger partial charge in [-0.1, -0.05) is 12.1 Å². The topological polar surface area (TPSA) is 68.1 Å². The molecule has 10 heteroatoms. The van der Waals surface area contributed by atoms with E-state index < -0.39 is 0 Å². The SMILES string of the molecule is CC1CC(=O)N([B]c2cn(C[B][B]S)nn2)C1=O. The Morgan fingerprint density at radius 1 is 1.56 bits per heavy atom. The Balaban J connectivity index is 1.99. The number of carbonyl (C=O) groups is 2. The molecule has 18 heavy (non-hydrogen) atoms. The first-order chi connectivity index (χ1) is 8.61. The average Bonchev–Trinajstić information content (AvgIpc) is 2.88. The standard InChI is InChI=1S/C8H10B3N4O2S/c1-5-2-7(16)15(8(5)17)10-6-3-14(13-12-6)4-9-11-18/h3,5,18H,2,4H2,1H3. The van der Waals surface area contributed by atoms with Gasteiger partial charge in [-0.05, 0) is 0 Å². The minimum absolute atomic E-state index is 0.190. The minimum atomic E-state index is -0.254. The van der Waals surface area contributed by atoms with Gasteiger partial charge in [0.2, 0.25) is 11.8 Å². The first kappa shape index (κ1) is 13.3. The maximum absolute atomic E-state index is 11.7. The normalized spacial score (nSPS) is 19.2. The number of carbonyl (C=O) groups excluding carboxylic acids is 2. The van der Waals surface area contributed by atoms with Crippen LogP contribution in [0.1, 0.15) is 13.3 Å². The van der Waals surface area contributed by atoms with Gasteiger partial charge in [0.05, 0.1) is 5.59 Å². The number of imide groups is 1. The molecule has 1 aromatic rings. The Morgan fingerprint density at radius 2 is 2.33 bits per heavy atom. The molecule has 1 aliphatic heterocycles. The zero-order valence-electron chi connectivity index (χ0n) is 9.85. The molecule has 1 aliphatic rings. The predicted molar refractivity (Wildman–Crippen MR) is 71.5 cm³/mol. The monoisotopic (exact) mass is 259 g/mol. The lowest BCUT2D eigenvalue weighted by atomic mass is 9.54. The third-order valence-electron chi connectivity index (χ3n) is 2.62. The summed E-state index contributed by atoms with van der Waals surface area (Å²) in [4.78, 5) is 24.4. The Morgan fingerprint density at radius 3 is 2.94 bits per heavy atom. The van der Waals surface area contributed by atoms with Crippen molar-refractivity contribution in [3.8, 4) is 0 Å². The van der Waals surface area contributed by atoms with Gasteiger partial charge in [0, 0.05) is 25.0 Å². The first-order valence-electron chi connectivity index (χ1n) is 5.52. The van der Waals surface area contributed by atoms with Crippen molar-refractivity contribution >= 4 is 50.9 Å². The van der Waals surface area contributed by atoms with Crippen molar-refractivity contribution in [1.29, 1.82) is 0 Å². The van der Waals surface area contributed by atoms with Crippen LogP contribution in [0.25, 0.3) is 0 Å². The number of rotatable bonds is 5. The van der Waals surface area contributed by atoms with Gasteiger partial charge < -0.3 is 4.81 Å². The van der Waals surface area contributed by atoms with Crippen molar-refractivity contribution in [3.63, 3.8) is 0 Å². The third kappa shape index (κ3) is 2.80. The number of hydrogen-bond donors (Lipinski definition) is 1. The summed E-state index contributed by atoms with van der Waals surface area (Å²) in [6.45, 7) is 1.74. The van der Waals surface area contributed by atoms with Crippen LogP contribution in [0.4, 0.5) is 0 Å². The van der Waals surface area contributed by atoms with Crippen molar-refractivity contribution in [2.75, 3.05) is 0 Å². The molecule has 0 spiro atoms. The quantitative estimate of drug-likeness (QED) is 0.379. The molecule has 0 aromatic carbocycles. The van der Waals surface area contributed by atoms with Crippen LogP contribution in [0.5, 0.6) is 0 Å². The fourth-order valence-electron chi connectivity index (χ4n) is 1.69. The maximum atomic E-state index is 11.7. The van der Waals surface area contributed by atoms with Gasteiger partial charge in [0.1, 0.15) is 13.6 Å². The van der Waals surface area contributed by atoms with E-state index in [0.29, 0.717) is 12.0 Å². The largest absolute Gasteiger partial charge is 0.326 e. The van der Waals surface area contributed by atoms with Crippen LogP contribution in [-0.2, 0) is 16.0 Å². The third-order valence-corrected chi connectivity index (χ3v) is 2.83. The van der Waals surface area contributed by atoms with Gasteiger partial charge in [-0.2, -0.15) is 0 Å². The van der Waals surface area contributed by atoms with E-state index in [2.05, 4.69) is 22.8 Å². The Hall–Kier alpha value is -1.18. The van der Waals surface area contributed by atoms with Gasteiger partial charge >= 0.3 is 7.41 Å². The van der Waals surface area contributed by atoms with Gasteiger partial charge in [-0.3, -0.25) is 14.3 Å². The van der Waals surface area contributed by atoms with Gasteiger partial charge in [0.25, 0.3) is 0 Å². The number of thiol groups is 1. The lowest BCUT2D eigenvalue weighted by molar-refractivity contribution is -0.133. The van der Waals surface area contributed by atoms with Crippen molar-refractivity contribution in [3.05, 3.63) is 6.20 Å². The molecule has 2 rings (SSSR count). The van der Waals surface area contributed by atoms with Gasteiger partial charge in [-0.25, -0.2) is 12.5 Å². The number of aromatic nitrogens is 3. The number of nitrogens with zero attached hydrogens (tertiary/aromatic N) is 4. The smallest absolute Gasteiger partial charge is 0.325 e. The lowest BCUT2D eigenvalue weighted by Gasteiger charge is -2.10. The van der Waals surface area contributed by atoms with E-state index in [1.165, 1.54) is 7.41 Å². The van der Waals surface area contributed by atoms with Crippen LogP contribution in [0.15, 0.2) is 6.20 Å². The van der Waals surface area contributed by atoms with E-state index in [1.807, 2.05) is 0 Å². The van der Waals surface area contributed by atoms with E-state index in [4.69, 9.17) is 0 Å². The summed E-state index contributed by atoms with van der Waals surface area (Å²) in [7, 11) is 3.23. The Kier molecular flexibility index (Phi) is 4.16. The second-order valence-corrected chi connectivity index (χ2v) is 4.38. The fraction of sp³-hybridized carbons (Fsp3) is 0.500. The van der Waals surface area contributed by atoms with E-state index in [0.717, 1.165) is 4.81 Å². The van der Waals surface area contributed by atoms with Crippen LogP contribution in [-0.4, -0.2) is 52.7 Å². The molecule has 0 aliphatic carbocycles. The summed E-state index contributed by atoms with van der Waals surface area (Å²) < 4.78 is 1.59. The van der Waals surface area contributed by atoms with Crippen LogP contribution in [0, 0.1) is 5.92 Å². The molecular formula is C8H10B3N4O2S. The molecule has 2 amide bonds. The zero-order chi connectivity index (χ0) is 13.1. The minimum Gasteiger partial charge on any atom is -0.326 e. The molecule has 1 unspecified atom stereocenters. The van der Waals surface area contributed by atoms with Gasteiger partial charge in [0.15, 0.2) is 0 Å². The molecule has 3 radical (unpaired) electrons. The van der Waals surface area contributed by atoms with Crippen LogP contribution in [0.3, 0.4) is 0 Å². The molecule has 89 valence electrons. The average molecular weight is 259 g/mol. The van der Waals surface area contributed by atoms with Crippen molar-refractivity contribution in [2.24, 2.45) is 5.92 Å². The molecule has 0 bridgehead atoms. The Labute approximate surface area is 113 Å². The van der Waals surface area contributed by atoms with Crippen LogP contribution in [0.2, 0.25) is 0 Å². The molecule has 1 atom stereocenters. The molecule has 2 heterocycles. The first-order valence-corrected chi connectivity index (χ1v) is 6.03. The summed E-state index contributed by atoms with van der Waals surface area (Å²) in [5.41, 5.74) is 0.485. The molecule has 1 fully saturated rings. The molecular weight excluding hydrogens is 249 g/mol. The summed E-state index contributed by atoms with van der Waals surface area (Å²) in [6, 6.07) is 0. The highest BCUT2D eigenvalue weighted by molar-refractivity contribution is 8.12. The number of amides is 2. The zero-order valence-corrected chi connectivity index (χ0v) is 10.7. The van der Waals surface area contributed by atoms with Crippen LogP contribution < -0.4 is 5.59 Å². The molecule has 0 N–H and O–H groups in total. The molecule has 1 aromatic heterocycles. The van der Waals surface area contributed by atoms with Gasteiger partial charge in [-0.15, -0.1) is 5.10 Å². The van der Waals surface area contributed by atoms with E-state index in [-0.39, 0.29) is 24.2 Å². The van der Waals surface area contributed by atoms with E-state index >= 15 is 0 Å². The van der Waals surface area contributed by atoms with E-state index in [9.17, 15) is 9.59 Å². The van der Waals surface area contributed by atoms with Crippen molar-refractivity contribution in [1.82, 2.24) is 19.8 Å². The second-order valence-electron chi connectivity index (χ2n) is 4.09. The highest BCUT2D eigenvalue weighted by Crippen LogP contribution is 2.16. The summed E-state index contributed by atoms with van der Waals surface area (Å²) in [6.07, 6.45) is 4.08. The van der Waals surface area contributed by atoms with E-state index in [1.54, 1.807) is 31.4 Å². The fourth-order valence-corrected chi connectivity index (χ4v) is 1.79. The number of hydrogen-bond acceptors (Lipinski definition) is 5.